The Labute approximate surface area is 158 Å². The van der Waals surface area contributed by atoms with Gasteiger partial charge in [-0.15, -0.1) is 0 Å². The summed E-state index contributed by atoms with van der Waals surface area (Å²) in [6, 6.07) is 5.58. The van der Waals surface area contributed by atoms with Crippen molar-refractivity contribution >= 4 is 28.6 Å². The van der Waals surface area contributed by atoms with Gasteiger partial charge in [-0.1, -0.05) is 6.42 Å². The number of H-pyrrole nitrogens is 1. The molecule has 0 aliphatic carbocycles. The van der Waals surface area contributed by atoms with Crippen LogP contribution in [0.1, 0.15) is 40.7 Å². The Hall–Kier alpha value is -1.79. The van der Waals surface area contributed by atoms with E-state index in [1.54, 1.807) is 17.8 Å². The fraction of sp³-hybridized carbons (Fsp3) is 0.500. The summed E-state index contributed by atoms with van der Waals surface area (Å²) in [6.45, 7) is 1.78. The lowest BCUT2D eigenvalue weighted by atomic mass is 9.99. The van der Waals surface area contributed by atoms with Crippen LogP contribution < -0.4 is 10.9 Å². The third-order valence-corrected chi connectivity index (χ3v) is 5.79. The molecule has 0 radical (unpaired) electrons. The lowest BCUT2D eigenvalue weighted by molar-refractivity contribution is 0.0953. The van der Waals surface area contributed by atoms with E-state index >= 15 is 0 Å². The standard InChI is InChI=1S/C20H27N3O2S/c1-23(2)10-5-3-4-9-21-19(24)14-6-7-18-16(12-14)15-8-11-26-13-17(15)20(25)22-18/h6-7,12H,3-5,8-11,13H2,1-2H3,(H,21,24)(H,22,25). The largest absolute Gasteiger partial charge is 0.352 e. The number of carbonyl (C=O) groups is 1. The van der Waals surface area contributed by atoms with Gasteiger partial charge >= 0.3 is 0 Å². The summed E-state index contributed by atoms with van der Waals surface area (Å²) in [7, 11) is 4.15. The summed E-state index contributed by atoms with van der Waals surface area (Å²) in [5.41, 5.74) is 3.47. The van der Waals surface area contributed by atoms with Crippen LogP contribution in [0.25, 0.3) is 10.9 Å². The molecule has 6 heteroatoms. The topological polar surface area (TPSA) is 65.2 Å². The number of aromatic amines is 1. The summed E-state index contributed by atoms with van der Waals surface area (Å²) in [5, 5.41) is 4.03. The quantitative estimate of drug-likeness (QED) is 0.733. The van der Waals surface area contributed by atoms with Crippen LogP contribution in [0.4, 0.5) is 0 Å². The Bertz CT molecular complexity index is 845. The number of rotatable bonds is 7. The van der Waals surface area contributed by atoms with Gasteiger partial charge < -0.3 is 15.2 Å². The SMILES string of the molecule is CN(C)CCCCCNC(=O)c1ccc2[nH]c(=O)c3c(c2c1)CCSC3. The number of hydrogen-bond acceptors (Lipinski definition) is 4. The van der Waals surface area contributed by atoms with Crippen LogP contribution in [0.15, 0.2) is 23.0 Å². The van der Waals surface area contributed by atoms with Crippen molar-refractivity contribution in [2.75, 3.05) is 32.9 Å². The highest BCUT2D eigenvalue weighted by Gasteiger charge is 2.17. The van der Waals surface area contributed by atoms with E-state index in [4.69, 9.17) is 0 Å². The van der Waals surface area contributed by atoms with Crippen LogP contribution in [0.3, 0.4) is 0 Å². The second-order valence-electron chi connectivity index (χ2n) is 7.09. The minimum absolute atomic E-state index is 0.00891. The lowest BCUT2D eigenvalue weighted by Crippen LogP contribution is -2.25. The van der Waals surface area contributed by atoms with Crippen LogP contribution in [-0.4, -0.2) is 48.7 Å². The van der Waals surface area contributed by atoms with Gasteiger partial charge in [0.2, 0.25) is 0 Å². The maximum absolute atomic E-state index is 12.5. The number of carbonyl (C=O) groups excluding carboxylic acids is 1. The molecular formula is C20H27N3O2S. The fourth-order valence-electron chi connectivity index (χ4n) is 3.36. The molecule has 0 saturated carbocycles. The van der Waals surface area contributed by atoms with Crippen molar-refractivity contribution in [3.8, 4) is 0 Å². The third kappa shape index (κ3) is 4.48. The molecule has 0 atom stereocenters. The minimum atomic E-state index is -0.0374. The molecule has 0 unspecified atom stereocenters. The average molecular weight is 374 g/mol. The van der Waals surface area contributed by atoms with Gasteiger partial charge in [-0.05, 0) is 69.4 Å². The Morgan fingerprint density at radius 2 is 2.08 bits per heavy atom. The second-order valence-corrected chi connectivity index (χ2v) is 8.20. The Kier molecular flexibility index (Phi) is 6.38. The van der Waals surface area contributed by atoms with Crippen LogP contribution >= 0.6 is 11.8 Å². The number of nitrogens with zero attached hydrogens (tertiary/aromatic N) is 1. The molecule has 0 fully saturated rings. The molecule has 5 nitrogen and oxygen atoms in total. The number of pyridine rings is 1. The number of aryl methyl sites for hydroxylation is 1. The summed E-state index contributed by atoms with van der Waals surface area (Å²) in [5.74, 6) is 1.74. The van der Waals surface area contributed by atoms with Gasteiger partial charge in [0.1, 0.15) is 0 Å². The van der Waals surface area contributed by atoms with Crippen molar-refractivity contribution in [3.63, 3.8) is 0 Å². The summed E-state index contributed by atoms with van der Waals surface area (Å²) < 4.78 is 0. The first-order chi connectivity index (χ1) is 12.6. The van der Waals surface area contributed by atoms with E-state index in [1.807, 2.05) is 12.1 Å². The van der Waals surface area contributed by atoms with E-state index in [0.29, 0.717) is 12.1 Å². The molecule has 1 aliphatic heterocycles. The Morgan fingerprint density at radius 3 is 2.88 bits per heavy atom. The van der Waals surface area contributed by atoms with Crippen LogP contribution in [0, 0.1) is 0 Å². The molecule has 0 spiro atoms. The van der Waals surface area contributed by atoms with E-state index in [2.05, 4.69) is 29.3 Å². The monoisotopic (exact) mass is 373 g/mol. The number of nitrogens with one attached hydrogen (secondary N) is 2. The van der Waals surface area contributed by atoms with E-state index in [1.165, 1.54) is 0 Å². The summed E-state index contributed by atoms with van der Waals surface area (Å²) in [6.07, 6.45) is 4.14. The molecule has 2 aromatic rings. The molecule has 1 amide bonds. The van der Waals surface area contributed by atoms with Gasteiger partial charge in [-0.3, -0.25) is 9.59 Å². The van der Waals surface area contributed by atoms with Gasteiger partial charge in [0.15, 0.2) is 0 Å². The van der Waals surface area contributed by atoms with Gasteiger partial charge in [0, 0.05) is 34.3 Å². The van der Waals surface area contributed by atoms with Gasteiger partial charge in [-0.2, -0.15) is 11.8 Å². The Balaban J connectivity index is 1.67. The molecular weight excluding hydrogens is 346 g/mol. The molecule has 3 rings (SSSR count). The average Bonchev–Trinajstić information content (AvgIpc) is 2.64. The van der Waals surface area contributed by atoms with Crippen LogP contribution in [0.5, 0.6) is 0 Å². The minimum Gasteiger partial charge on any atom is -0.352 e. The fourth-order valence-corrected chi connectivity index (χ4v) is 4.36. The van der Waals surface area contributed by atoms with Gasteiger partial charge in [0.05, 0.1) is 0 Å². The van der Waals surface area contributed by atoms with E-state index in [0.717, 1.165) is 65.8 Å². The lowest BCUT2D eigenvalue weighted by Gasteiger charge is -2.17. The van der Waals surface area contributed by atoms with E-state index in [-0.39, 0.29) is 11.5 Å². The predicted molar refractivity (Wildman–Crippen MR) is 109 cm³/mol. The van der Waals surface area contributed by atoms with Crippen LogP contribution in [-0.2, 0) is 12.2 Å². The Morgan fingerprint density at radius 1 is 1.23 bits per heavy atom. The first kappa shape index (κ1) is 19.0. The van der Waals surface area contributed by atoms with Crippen molar-refractivity contribution in [2.45, 2.75) is 31.4 Å². The molecule has 0 saturated heterocycles. The molecule has 0 bridgehead atoms. The number of benzene rings is 1. The first-order valence-electron chi connectivity index (χ1n) is 9.24. The third-order valence-electron chi connectivity index (χ3n) is 4.80. The maximum atomic E-state index is 12.5. The van der Waals surface area contributed by atoms with Crippen molar-refractivity contribution in [2.24, 2.45) is 0 Å². The van der Waals surface area contributed by atoms with Crippen LogP contribution in [0.2, 0.25) is 0 Å². The number of amides is 1. The predicted octanol–water partition coefficient (Wildman–Crippen LogP) is 2.78. The number of hydrogen-bond donors (Lipinski definition) is 2. The zero-order valence-corrected chi connectivity index (χ0v) is 16.4. The number of unbranched alkanes of at least 4 members (excludes halogenated alkanes) is 2. The highest BCUT2D eigenvalue weighted by molar-refractivity contribution is 7.98. The smallest absolute Gasteiger partial charge is 0.252 e. The molecule has 1 aromatic carbocycles. The van der Waals surface area contributed by atoms with Crippen molar-refractivity contribution < 1.29 is 4.79 Å². The molecule has 1 aromatic heterocycles. The van der Waals surface area contributed by atoms with Crippen molar-refractivity contribution in [3.05, 3.63) is 45.2 Å². The maximum Gasteiger partial charge on any atom is 0.252 e. The highest BCUT2D eigenvalue weighted by Crippen LogP contribution is 2.28. The van der Waals surface area contributed by atoms with Gasteiger partial charge in [0.25, 0.3) is 11.5 Å². The summed E-state index contributed by atoms with van der Waals surface area (Å²) >= 11 is 1.79. The second kappa shape index (κ2) is 8.73. The zero-order chi connectivity index (χ0) is 18.5. The normalized spacial score (nSPS) is 13.8. The molecule has 140 valence electrons. The number of thioether (sulfide) groups is 1. The molecule has 26 heavy (non-hydrogen) atoms. The van der Waals surface area contributed by atoms with Crippen molar-refractivity contribution in [1.82, 2.24) is 15.2 Å². The van der Waals surface area contributed by atoms with Crippen molar-refractivity contribution in [1.29, 1.82) is 0 Å². The molecule has 2 heterocycles. The first-order valence-corrected chi connectivity index (χ1v) is 10.4. The zero-order valence-electron chi connectivity index (χ0n) is 15.6. The summed E-state index contributed by atoms with van der Waals surface area (Å²) in [4.78, 5) is 29.8. The number of fused-ring (bicyclic) bond motifs is 3. The molecule has 2 N–H and O–H groups in total. The highest BCUT2D eigenvalue weighted by atomic mass is 32.2. The van der Waals surface area contributed by atoms with E-state index in [9.17, 15) is 9.59 Å². The van der Waals surface area contributed by atoms with E-state index < -0.39 is 0 Å². The molecule has 1 aliphatic rings. The number of aromatic nitrogens is 1. The van der Waals surface area contributed by atoms with Gasteiger partial charge in [-0.25, -0.2) is 0 Å².